The zero-order valence-corrected chi connectivity index (χ0v) is 11.1. The molecule has 3 heteroatoms. The molecule has 0 saturated heterocycles. The van der Waals surface area contributed by atoms with Crippen LogP contribution in [0.25, 0.3) is 0 Å². The highest BCUT2D eigenvalue weighted by Crippen LogP contribution is 2.18. The van der Waals surface area contributed by atoms with Gasteiger partial charge in [-0.05, 0) is 18.9 Å². The third kappa shape index (κ3) is 3.38. The van der Waals surface area contributed by atoms with Crippen LogP contribution in [0.5, 0.6) is 0 Å². The molecule has 2 aromatic rings. The summed E-state index contributed by atoms with van der Waals surface area (Å²) in [5.41, 5.74) is 4.55. The van der Waals surface area contributed by atoms with Crippen molar-refractivity contribution in [2.45, 2.75) is 32.9 Å². The Bertz CT molecular complexity index is 434. The molecule has 0 bridgehead atoms. The predicted molar refractivity (Wildman–Crippen MR) is 73.2 cm³/mol. The van der Waals surface area contributed by atoms with Gasteiger partial charge in [0.05, 0.1) is 5.51 Å². The van der Waals surface area contributed by atoms with Crippen LogP contribution in [-0.4, -0.2) is 4.98 Å². The molecule has 2 rings (SSSR count). The van der Waals surface area contributed by atoms with Gasteiger partial charge in [0, 0.05) is 23.7 Å². The molecular weight excluding hydrogens is 228 g/mol. The van der Waals surface area contributed by atoms with Gasteiger partial charge < -0.3 is 5.32 Å². The number of aryl methyl sites for hydroxylation is 1. The van der Waals surface area contributed by atoms with Crippen LogP contribution in [0.4, 0.5) is 0 Å². The van der Waals surface area contributed by atoms with Gasteiger partial charge in [0.25, 0.3) is 0 Å². The summed E-state index contributed by atoms with van der Waals surface area (Å²) in [6.07, 6.45) is 3.03. The van der Waals surface area contributed by atoms with Crippen molar-refractivity contribution in [2.75, 3.05) is 0 Å². The molecule has 0 aliphatic rings. The molecule has 0 saturated carbocycles. The van der Waals surface area contributed by atoms with Gasteiger partial charge in [-0.25, -0.2) is 0 Å². The van der Waals surface area contributed by atoms with Gasteiger partial charge >= 0.3 is 0 Å². The van der Waals surface area contributed by atoms with Crippen LogP contribution in [0, 0.1) is 6.92 Å². The van der Waals surface area contributed by atoms with Crippen molar-refractivity contribution in [1.29, 1.82) is 0 Å². The molecule has 0 amide bonds. The van der Waals surface area contributed by atoms with Crippen molar-refractivity contribution in [2.24, 2.45) is 0 Å². The molecule has 0 aliphatic heterocycles. The first kappa shape index (κ1) is 12.3. The summed E-state index contributed by atoms with van der Waals surface area (Å²) in [5, 5.41) is 3.58. The molecule has 2 nitrogen and oxygen atoms in total. The summed E-state index contributed by atoms with van der Waals surface area (Å²) in [7, 11) is 0. The minimum atomic E-state index is 0.428. The number of hydrogen-bond donors (Lipinski definition) is 1. The summed E-state index contributed by atoms with van der Waals surface area (Å²) >= 11 is 1.70. The lowest BCUT2D eigenvalue weighted by Gasteiger charge is -2.17. The van der Waals surface area contributed by atoms with Crippen molar-refractivity contribution >= 4 is 11.3 Å². The van der Waals surface area contributed by atoms with E-state index in [1.807, 2.05) is 11.7 Å². The van der Waals surface area contributed by atoms with E-state index in [2.05, 4.69) is 48.4 Å². The average molecular weight is 246 g/mol. The van der Waals surface area contributed by atoms with Crippen LogP contribution in [0.2, 0.25) is 0 Å². The number of nitrogens with zero attached hydrogens (tertiary/aromatic N) is 1. The Labute approximate surface area is 107 Å². The normalized spacial score (nSPS) is 12.6. The Balaban J connectivity index is 1.99. The topological polar surface area (TPSA) is 24.9 Å². The zero-order valence-electron chi connectivity index (χ0n) is 10.3. The molecule has 90 valence electrons. The van der Waals surface area contributed by atoms with E-state index < -0.39 is 0 Å². The second kappa shape index (κ2) is 5.94. The van der Waals surface area contributed by atoms with Gasteiger partial charge in [0.1, 0.15) is 0 Å². The van der Waals surface area contributed by atoms with E-state index >= 15 is 0 Å². The Morgan fingerprint density at radius 3 is 2.65 bits per heavy atom. The summed E-state index contributed by atoms with van der Waals surface area (Å²) in [6.45, 7) is 5.23. The smallest absolute Gasteiger partial charge is 0.0794 e. The van der Waals surface area contributed by atoms with E-state index in [-0.39, 0.29) is 0 Å². The van der Waals surface area contributed by atoms with Crippen LogP contribution in [-0.2, 0) is 6.54 Å². The Hall–Kier alpha value is -1.19. The molecule has 1 aromatic carbocycles. The molecule has 17 heavy (non-hydrogen) atoms. The summed E-state index contributed by atoms with van der Waals surface area (Å²) in [4.78, 5) is 5.38. The van der Waals surface area contributed by atoms with Crippen LogP contribution in [0.3, 0.4) is 0 Å². The second-order valence-electron chi connectivity index (χ2n) is 4.22. The molecule has 1 aromatic heterocycles. The largest absolute Gasteiger partial charge is 0.305 e. The molecule has 0 fully saturated rings. The summed E-state index contributed by atoms with van der Waals surface area (Å²) in [6, 6.07) is 9.20. The lowest BCUT2D eigenvalue weighted by molar-refractivity contribution is 0.521. The van der Waals surface area contributed by atoms with E-state index in [4.69, 9.17) is 0 Å². The number of thiazole rings is 1. The fourth-order valence-corrected chi connectivity index (χ4v) is 2.40. The highest BCUT2D eigenvalue weighted by atomic mass is 32.1. The monoisotopic (exact) mass is 246 g/mol. The number of rotatable bonds is 5. The number of hydrogen-bond acceptors (Lipinski definition) is 3. The van der Waals surface area contributed by atoms with Gasteiger partial charge in [0.15, 0.2) is 0 Å². The molecule has 0 aliphatic carbocycles. The van der Waals surface area contributed by atoms with Crippen LogP contribution in [0.15, 0.2) is 36.0 Å². The first-order valence-electron chi connectivity index (χ1n) is 5.97. The van der Waals surface area contributed by atoms with Crippen molar-refractivity contribution in [3.8, 4) is 0 Å². The summed E-state index contributed by atoms with van der Waals surface area (Å²) in [5.74, 6) is 0. The van der Waals surface area contributed by atoms with E-state index in [1.54, 1.807) is 11.3 Å². The van der Waals surface area contributed by atoms with E-state index in [1.165, 1.54) is 16.0 Å². The van der Waals surface area contributed by atoms with E-state index in [0.29, 0.717) is 6.04 Å². The van der Waals surface area contributed by atoms with Crippen LogP contribution >= 0.6 is 11.3 Å². The molecule has 1 atom stereocenters. The number of aromatic nitrogens is 1. The van der Waals surface area contributed by atoms with Gasteiger partial charge in [-0.1, -0.05) is 36.8 Å². The fraction of sp³-hybridized carbons (Fsp3) is 0.357. The zero-order chi connectivity index (χ0) is 12.1. The van der Waals surface area contributed by atoms with Crippen LogP contribution < -0.4 is 5.32 Å². The lowest BCUT2D eigenvalue weighted by Crippen LogP contribution is -2.19. The lowest BCUT2D eigenvalue weighted by atomic mass is 10.0. The molecular formula is C14H18N2S. The first-order chi connectivity index (χ1) is 8.29. The maximum atomic E-state index is 4.09. The predicted octanol–water partition coefficient (Wildman–Crippen LogP) is 3.69. The quantitative estimate of drug-likeness (QED) is 0.870. The Morgan fingerprint density at radius 1 is 1.29 bits per heavy atom. The molecule has 1 N–H and O–H groups in total. The van der Waals surface area contributed by atoms with Crippen molar-refractivity contribution in [3.63, 3.8) is 0 Å². The van der Waals surface area contributed by atoms with Gasteiger partial charge in [-0.3, -0.25) is 4.98 Å². The highest BCUT2D eigenvalue weighted by molar-refractivity contribution is 7.09. The average Bonchev–Trinajstić information content (AvgIpc) is 2.85. The standard InChI is InChI=1S/C14H18N2S/c1-3-14(12-6-4-11(2)5-7-12)16-9-13-8-15-10-17-13/h4-8,10,14,16H,3,9H2,1-2H3. The SMILES string of the molecule is CCC(NCc1cncs1)c1ccc(C)cc1. The molecule has 0 radical (unpaired) electrons. The third-order valence-electron chi connectivity index (χ3n) is 2.89. The third-order valence-corrected chi connectivity index (χ3v) is 3.67. The van der Waals surface area contributed by atoms with Gasteiger partial charge in [-0.2, -0.15) is 0 Å². The molecule has 1 unspecified atom stereocenters. The second-order valence-corrected chi connectivity index (χ2v) is 5.19. The van der Waals surface area contributed by atoms with Gasteiger partial charge in [-0.15, -0.1) is 11.3 Å². The fourth-order valence-electron chi connectivity index (χ4n) is 1.85. The van der Waals surface area contributed by atoms with Gasteiger partial charge in [0.2, 0.25) is 0 Å². The Kier molecular flexibility index (Phi) is 4.29. The maximum absolute atomic E-state index is 4.09. The molecule has 0 spiro atoms. The van der Waals surface area contributed by atoms with Crippen molar-refractivity contribution < 1.29 is 0 Å². The van der Waals surface area contributed by atoms with E-state index in [0.717, 1.165) is 13.0 Å². The minimum absolute atomic E-state index is 0.428. The molecule has 1 heterocycles. The van der Waals surface area contributed by atoms with Crippen LogP contribution in [0.1, 0.15) is 35.4 Å². The summed E-state index contributed by atoms with van der Waals surface area (Å²) < 4.78 is 0. The van der Waals surface area contributed by atoms with Crippen molar-refractivity contribution in [1.82, 2.24) is 10.3 Å². The highest BCUT2D eigenvalue weighted by Gasteiger charge is 2.08. The number of nitrogens with one attached hydrogen (secondary N) is 1. The number of benzene rings is 1. The van der Waals surface area contributed by atoms with Crippen molar-refractivity contribution in [3.05, 3.63) is 52.0 Å². The van der Waals surface area contributed by atoms with E-state index in [9.17, 15) is 0 Å². The first-order valence-corrected chi connectivity index (χ1v) is 6.85. The maximum Gasteiger partial charge on any atom is 0.0794 e. The minimum Gasteiger partial charge on any atom is -0.305 e. The Morgan fingerprint density at radius 2 is 2.06 bits per heavy atom.